The van der Waals surface area contributed by atoms with Gasteiger partial charge in [0.1, 0.15) is 5.78 Å². The molecule has 2 unspecified atom stereocenters. The molecular formula is C34H34O. The molecule has 4 aromatic rings. The molecule has 35 heavy (non-hydrogen) atoms. The van der Waals surface area contributed by atoms with Crippen LogP contribution in [0.5, 0.6) is 0 Å². The highest BCUT2D eigenvalue weighted by Crippen LogP contribution is 2.30. The van der Waals surface area contributed by atoms with Crippen molar-refractivity contribution in [3.63, 3.8) is 0 Å². The summed E-state index contributed by atoms with van der Waals surface area (Å²) >= 11 is 0. The Hall–Kier alpha value is -3.45. The van der Waals surface area contributed by atoms with E-state index in [1.165, 1.54) is 39.8 Å². The summed E-state index contributed by atoms with van der Waals surface area (Å²) in [4.78, 5) is 13.7. The fourth-order valence-electron chi connectivity index (χ4n) is 5.48. The van der Waals surface area contributed by atoms with E-state index in [9.17, 15) is 4.79 Å². The zero-order chi connectivity index (χ0) is 23.9. The predicted octanol–water partition coefficient (Wildman–Crippen LogP) is 8.57. The number of hydrogen-bond acceptors (Lipinski definition) is 1. The average molecular weight is 459 g/mol. The third-order valence-electron chi connectivity index (χ3n) is 7.50. The Morgan fingerprint density at radius 3 is 1.23 bits per heavy atom. The van der Waals surface area contributed by atoms with Gasteiger partial charge in [-0.25, -0.2) is 0 Å². The Morgan fingerprint density at radius 1 is 0.457 bits per heavy atom. The first-order chi connectivity index (χ1) is 17.3. The first-order valence-corrected chi connectivity index (χ1v) is 13.1. The molecule has 5 rings (SSSR count). The number of rotatable bonds is 6. The molecule has 1 aliphatic rings. The summed E-state index contributed by atoms with van der Waals surface area (Å²) in [6, 6.07) is 38.6. The topological polar surface area (TPSA) is 17.1 Å². The zero-order valence-corrected chi connectivity index (χ0v) is 20.4. The molecule has 1 saturated carbocycles. The molecule has 1 aliphatic carbocycles. The lowest BCUT2D eigenvalue weighted by Crippen LogP contribution is -2.28. The minimum Gasteiger partial charge on any atom is -0.299 e. The van der Waals surface area contributed by atoms with Crippen LogP contribution in [-0.2, 0) is 17.6 Å². The van der Waals surface area contributed by atoms with Crippen LogP contribution < -0.4 is 0 Å². The highest BCUT2D eigenvalue weighted by atomic mass is 16.1. The van der Waals surface area contributed by atoms with Gasteiger partial charge in [0.15, 0.2) is 0 Å². The second-order valence-corrected chi connectivity index (χ2v) is 9.97. The summed E-state index contributed by atoms with van der Waals surface area (Å²) in [5, 5.41) is 0. The van der Waals surface area contributed by atoms with E-state index in [1.54, 1.807) is 0 Å². The van der Waals surface area contributed by atoms with Crippen molar-refractivity contribution in [1.29, 1.82) is 0 Å². The van der Waals surface area contributed by atoms with Crippen LogP contribution in [-0.4, -0.2) is 5.78 Å². The third-order valence-corrected chi connectivity index (χ3v) is 7.50. The fraction of sp³-hybridized carbons (Fsp3) is 0.265. The van der Waals surface area contributed by atoms with Crippen LogP contribution in [0, 0.1) is 11.8 Å². The van der Waals surface area contributed by atoms with Crippen LogP contribution in [0.25, 0.3) is 22.3 Å². The molecule has 0 bridgehead atoms. The number of ketones is 1. The van der Waals surface area contributed by atoms with Crippen molar-refractivity contribution in [2.75, 3.05) is 0 Å². The van der Waals surface area contributed by atoms with Crippen molar-refractivity contribution in [3.8, 4) is 22.3 Å². The lowest BCUT2D eigenvalue weighted by atomic mass is 9.77. The molecule has 0 spiro atoms. The maximum Gasteiger partial charge on any atom is 0.139 e. The minimum atomic E-state index is 0.131. The number of Topliss-reactive ketones (excluding diaryl/α,β-unsaturated/α-hetero) is 1. The van der Waals surface area contributed by atoms with Crippen molar-refractivity contribution in [1.82, 2.24) is 0 Å². The van der Waals surface area contributed by atoms with Crippen LogP contribution in [0.2, 0.25) is 0 Å². The van der Waals surface area contributed by atoms with E-state index in [0.717, 1.165) is 38.5 Å². The van der Waals surface area contributed by atoms with Gasteiger partial charge in [0, 0.05) is 11.8 Å². The van der Waals surface area contributed by atoms with Gasteiger partial charge in [-0.1, -0.05) is 128 Å². The predicted molar refractivity (Wildman–Crippen MR) is 146 cm³/mol. The Bertz CT molecular complexity index is 1110. The van der Waals surface area contributed by atoms with Crippen molar-refractivity contribution in [2.24, 2.45) is 11.8 Å². The Morgan fingerprint density at radius 2 is 0.829 bits per heavy atom. The lowest BCUT2D eigenvalue weighted by Gasteiger charge is -2.26. The standard InChI is InChI=1S/C34H34O/c35-34-32(24-26-16-20-30(21-17-26)28-10-4-1-5-11-28)14-8-3-9-15-33(34)25-27-18-22-31(23-19-27)29-12-6-2-7-13-29/h1-2,4-7,10-13,16-23,32-33H,3,8-9,14-15,24-25H2. The zero-order valence-electron chi connectivity index (χ0n) is 20.4. The maximum absolute atomic E-state index is 13.7. The summed E-state index contributed by atoms with van der Waals surface area (Å²) in [6.45, 7) is 0. The van der Waals surface area contributed by atoms with Crippen LogP contribution >= 0.6 is 0 Å². The van der Waals surface area contributed by atoms with E-state index < -0.39 is 0 Å². The van der Waals surface area contributed by atoms with Gasteiger partial charge in [-0.2, -0.15) is 0 Å². The molecule has 1 nitrogen and oxygen atoms in total. The summed E-state index contributed by atoms with van der Waals surface area (Å²) in [5.74, 6) is 0.738. The van der Waals surface area contributed by atoms with E-state index in [1.807, 2.05) is 12.1 Å². The van der Waals surface area contributed by atoms with Crippen LogP contribution in [0.4, 0.5) is 0 Å². The van der Waals surface area contributed by atoms with Crippen molar-refractivity contribution >= 4 is 5.78 Å². The second kappa shape index (κ2) is 11.3. The summed E-state index contributed by atoms with van der Waals surface area (Å²) in [6.07, 6.45) is 7.31. The van der Waals surface area contributed by atoms with Crippen molar-refractivity contribution < 1.29 is 4.79 Å². The van der Waals surface area contributed by atoms with E-state index in [-0.39, 0.29) is 11.8 Å². The quantitative estimate of drug-likeness (QED) is 0.283. The minimum absolute atomic E-state index is 0.131. The van der Waals surface area contributed by atoms with E-state index in [4.69, 9.17) is 0 Å². The smallest absolute Gasteiger partial charge is 0.139 e. The normalized spacial score (nSPS) is 18.6. The summed E-state index contributed by atoms with van der Waals surface area (Å²) < 4.78 is 0. The molecule has 2 atom stereocenters. The molecule has 0 aromatic heterocycles. The van der Waals surface area contributed by atoms with Gasteiger partial charge in [0.25, 0.3) is 0 Å². The molecule has 0 aliphatic heterocycles. The number of benzene rings is 4. The van der Waals surface area contributed by atoms with Crippen LogP contribution in [0.3, 0.4) is 0 Å². The molecule has 0 N–H and O–H groups in total. The average Bonchev–Trinajstić information content (AvgIpc) is 2.92. The third kappa shape index (κ3) is 5.98. The number of carbonyl (C=O) groups is 1. The van der Waals surface area contributed by atoms with Crippen molar-refractivity contribution in [2.45, 2.75) is 44.9 Å². The number of hydrogen-bond donors (Lipinski definition) is 0. The highest BCUT2D eigenvalue weighted by Gasteiger charge is 2.28. The van der Waals surface area contributed by atoms with Crippen LogP contribution in [0.1, 0.15) is 43.2 Å². The van der Waals surface area contributed by atoms with Crippen LogP contribution in [0.15, 0.2) is 109 Å². The molecule has 0 saturated heterocycles. The molecule has 0 amide bonds. The first kappa shape index (κ1) is 23.3. The molecule has 1 fully saturated rings. The fourth-order valence-corrected chi connectivity index (χ4v) is 5.48. The second-order valence-electron chi connectivity index (χ2n) is 9.97. The molecule has 176 valence electrons. The number of carbonyl (C=O) groups excluding carboxylic acids is 1. The lowest BCUT2D eigenvalue weighted by molar-refractivity contribution is -0.127. The molecule has 1 heteroatoms. The molecule has 4 aromatic carbocycles. The maximum atomic E-state index is 13.7. The molecule has 0 heterocycles. The Kier molecular flexibility index (Phi) is 7.53. The van der Waals surface area contributed by atoms with Gasteiger partial charge in [0.05, 0.1) is 0 Å². The molecule has 0 radical (unpaired) electrons. The van der Waals surface area contributed by atoms with E-state index >= 15 is 0 Å². The van der Waals surface area contributed by atoms with E-state index in [2.05, 4.69) is 97.1 Å². The first-order valence-electron chi connectivity index (χ1n) is 13.1. The highest BCUT2D eigenvalue weighted by molar-refractivity contribution is 5.84. The van der Waals surface area contributed by atoms with Gasteiger partial charge in [0.2, 0.25) is 0 Å². The van der Waals surface area contributed by atoms with E-state index in [0.29, 0.717) is 5.78 Å². The SMILES string of the molecule is O=C1C(Cc2ccc(-c3ccccc3)cc2)CCCCCC1Cc1ccc(-c2ccccc2)cc1. The van der Waals surface area contributed by atoms with Gasteiger partial charge < -0.3 is 0 Å². The summed E-state index contributed by atoms with van der Waals surface area (Å²) in [7, 11) is 0. The van der Waals surface area contributed by atoms with Gasteiger partial charge >= 0.3 is 0 Å². The summed E-state index contributed by atoms with van der Waals surface area (Å²) in [5.41, 5.74) is 7.48. The Balaban J connectivity index is 1.26. The largest absolute Gasteiger partial charge is 0.299 e. The van der Waals surface area contributed by atoms with Crippen molar-refractivity contribution in [3.05, 3.63) is 120 Å². The van der Waals surface area contributed by atoms with Gasteiger partial charge in [-0.05, 0) is 59.1 Å². The Labute approximate surface area is 209 Å². The van der Waals surface area contributed by atoms with Gasteiger partial charge in [-0.15, -0.1) is 0 Å². The molecular weight excluding hydrogens is 424 g/mol. The van der Waals surface area contributed by atoms with Gasteiger partial charge in [-0.3, -0.25) is 4.79 Å². The monoisotopic (exact) mass is 458 g/mol.